The van der Waals surface area contributed by atoms with Crippen molar-refractivity contribution in [1.82, 2.24) is 0 Å². The van der Waals surface area contributed by atoms with E-state index >= 15 is 0 Å². The summed E-state index contributed by atoms with van der Waals surface area (Å²) in [6, 6.07) is 10.1. The van der Waals surface area contributed by atoms with Gasteiger partial charge in [0.1, 0.15) is 0 Å². The Morgan fingerprint density at radius 3 is 2.21 bits per heavy atom. The highest BCUT2D eigenvalue weighted by Crippen LogP contribution is 2.45. The van der Waals surface area contributed by atoms with Crippen LogP contribution in [0.15, 0.2) is 35.2 Å². The van der Waals surface area contributed by atoms with Crippen molar-refractivity contribution in [3.8, 4) is 6.07 Å². The molecular formula is C10H9NO2S. The lowest BCUT2D eigenvalue weighted by Crippen LogP contribution is -2.20. The van der Waals surface area contributed by atoms with Crippen molar-refractivity contribution in [3.05, 3.63) is 30.3 Å². The Morgan fingerprint density at radius 1 is 1.21 bits per heavy atom. The van der Waals surface area contributed by atoms with E-state index in [4.69, 9.17) is 5.26 Å². The molecule has 0 N–H and O–H groups in total. The van der Waals surface area contributed by atoms with E-state index < -0.39 is 14.6 Å². The Morgan fingerprint density at radius 2 is 1.79 bits per heavy atom. The van der Waals surface area contributed by atoms with Crippen LogP contribution in [-0.4, -0.2) is 13.2 Å². The second kappa shape index (κ2) is 2.82. The third kappa shape index (κ3) is 1.13. The average Bonchev–Trinajstić information content (AvgIpc) is 3.00. The van der Waals surface area contributed by atoms with E-state index in [1.807, 2.05) is 6.07 Å². The number of benzene rings is 1. The van der Waals surface area contributed by atoms with E-state index in [0.717, 1.165) is 0 Å². The molecule has 0 unspecified atom stereocenters. The third-order valence-electron chi connectivity index (χ3n) is 2.48. The Kier molecular flexibility index (Phi) is 1.86. The first-order valence-electron chi connectivity index (χ1n) is 4.33. The monoisotopic (exact) mass is 207 g/mol. The number of nitrogens with zero attached hydrogens (tertiary/aromatic N) is 1. The average molecular weight is 207 g/mol. The molecule has 1 aliphatic carbocycles. The summed E-state index contributed by atoms with van der Waals surface area (Å²) >= 11 is 0. The number of nitriles is 1. The van der Waals surface area contributed by atoms with Gasteiger partial charge in [0.15, 0.2) is 14.6 Å². The van der Waals surface area contributed by atoms with Crippen LogP contribution in [0.4, 0.5) is 0 Å². The van der Waals surface area contributed by atoms with E-state index in [9.17, 15) is 8.42 Å². The Bertz CT molecular complexity index is 481. The van der Waals surface area contributed by atoms with Crippen LogP contribution in [0, 0.1) is 11.3 Å². The summed E-state index contributed by atoms with van der Waals surface area (Å²) in [6.07, 6.45) is 0.918. The van der Waals surface area contributed by atoms with Gasteiger partial charge in [-0.05, 0) is 25.0 Å². The summed E-state index contributed by atoms with van der Waals surface area (Å²) in [7, 11) is -3.44. The van der Waals surface area contributed by atoms with Crippen molar-refractivity contribution in [2.45, 2.75) is 22.5 Å². The SMILES string of the molecule is N#CC1(S(=O)(=O)c2ccccc2)CC1. The van der Waals surface area contributed by atoms with Crippen molar-refractivity contribution in [1.29, 1.82) is 5.26 Å². The van der Waals surface area contributed by atoms with Crippen molar-refractivity contribution in [2.75, 3.05) is 0 Å². The zero-order chi connectivity index (χ0) is 10.2. The van der Waals surface area contributed by atoms with Gasteiger partial charge in [-0.3, -0.25) is 0 Å². The normalized spacial score (nSPS) is 18.5. The molecule has 1 aromatic carbocycles. The lowest BCUT2D eigenvalue weighted by atomic mass is 10.4. The number of hydrogen-bond acceptors (Lipinski definition) is 3. The molecule has 0 amide bonds. The molecule has 1 saturated carbocycles. The first-order chi connectivity index (χ1) is 6.62. The third-order valence-corrected chi connectivity index (χ3v) is 4.90. The predicted octanol–water partition coefficient (Wildman–Crippen LogP) is 1.52. The number of hydrogen-bond donors (Lipinski definition) is 0. The minimum atomic E-state index is -3.44. The molecule has 0 heterocycles. The highest BCUT2D eigenvalue weighted by atomic mass is 32.2. The first kappa shape index (κ1) is 9.22. The Labute approximate surface area is 82.9 Å². The van der Waals surface area contributed by atoms with E-state index in [0.29, 0.717) is 12.8 Å². The topological polar surface area (TPSA) is 57.9 Å². The van der Waals surface area contributed by atoms with Gasteiger partial charge in [-0.15, -0.1) is 0 Å². The lowest BCUT2D eigenvalue weighted by molar-refractivity contribution is 0.588. The van der Waals surface area contributed by atoms with E-state index in [1.165, 1.54) is 12.1 Å². The van der Waals surface area contributed by atoms with Gasteiger partial charge in [0, 0.05) is 0 Å². The van der Waals surface area contributed by atoms with Crippen molar-refractivity contribution >= 4 is 9.84 Å². The predicted molar refractivity (Wildman–Crippen MR) is 51.2 cm³/mol. The Balaban J connectivity index is 2.51. The summed E-state index contributed by atoms with van der Waals surface area (Å²) in [5, 5.41) is 8.82. The zero-order valence-electron chi connectivity index (χ0n) is 7.47. The molecule has 72 valence electrons. The van der Waals surface area contributed by atoms with E-state index in [2.05, 4.69) is 0 Å². The molecule has 0 bridgehead atoms. The first-order valence-corrected chi connectivity index (χ1v) is 5.82. The van der Waals surface area contributed by atoms with Gasteiger partial charge in [0.25, 0.3) is 0 Å². The van der Waals surface area contributed by atoms with Gasteiger partial charge in [0.2, 0.25) is 0 Å². The van der Waals surface area contributed by atoms with Gasteiger partial charge < -0.3 is 0 Å². The maximum Gasteiger partial charge on any atom is 0.197 e. The fourth-order valence-electron chi connectivity index (χ4n) is 1.38. The van der Waals surface area contributed by atoms with Crippen LogP contribution in [0.2, 0.25) is 0 Å². The van der Waals surface area contributed by atoms with E-state index in [1.54, 1.807) is 18.2 Å². The van der Waals surface area contributed by atoms with Crippen LogP contribution in [0.1, 0.15) is 12.8 Å². The summed E-state index contributed by atoms with van der Waals surface area (Å²) < 4.78 is 22.7. The quantitative estimate of drug-likeness (QED) is 0.738. The van der Waals surface area contributed by atoms with Crippen LogP contribution < -0.4 is 0 Å². The zero-order valence-corrected chi connectivity index (χ0v) is 8.29. The minimum absolute atomic E-state index is 0.249. The lowest BCUT2D eigenvalue weighted by Gasteiger charge is -2.07. The van der Waals surface area contributed by atoms with Gasteiger partial charge in [-0.2, -0.15) is 5.26 Å². The molecular weight excluding hydrogens is 198 g/mol. The number of rotatable bonds is 2. The largest absolute Gasteiger partial charge is 0.222 e. The molecule has 1 aromatic rings. The van der Waals surface area contributed by atoms with Gasteiger partial charge in [0.05, 0.1) is 11.0 Å². The highest BCUT2D eigenvalue weighted by Gasteiger charge is 2.55. The maximum absolute atomic E-state index is 11.9. The molecule has 3 nitrogen and oxygen atoms in total. The summed E-state index contributed by atoms with van der Waals surface area (Å²) in [4.78, 5) is 0.249. The standard InChI is InChI=1S/C10H9NO2S/c11-8-10(6-7-10)14(12,13)9-4-2-1-3-5-9/h1-5H,6-7H2. The highest BCUT2D eigenvalue weighted by molar-refractivity contribution is 7.93. The molecule has 4 heteroatoms. The Hall–Kier alpha value is -1.34. The summed E-state index contributed by atoms with van der Waals surface area (Å²) in [5.41, 5.74) is 0. The van der Waals surface area contributed by atoms with E-state index in [-0.39, 0.29) is 4.90 Å². The number of sulfone groups is 1. The molecule has 0 saturated heterocycles. The summed E-state index contributed by atoms with van der Waals surface area (Å²) in [6.45, 7) is 0. The molecule has 0 aliphatic heterocycles. The smallest absolute Gasteiger partial charge is 0.197 e. The molecule has 0 spiro atoms. The van der Waals surface area contributed by atoms with Crippen LogP contribution in [0.3, 0.4) is 0 Å². The van der Waals surface area contributed by atoms with Gasteiger partial charge in [-0.1, -0.05) is 18.2 Å². The molecule has 2 rings (SSSR count). The van der Waals surface area contributed by atoms with Crippen molar-refractivity contribution < 1.29 is 8.42 Å². The van der Waals surface area contributed by atoms with Crippen LogP contribution in [-0.2, 0) is 9.84 Å². The second-order valence-electron chi connectivity index (χ2n) is 3.42. The van der Waals surface area contributed by atoms with Crippen LogP contribution >= 0.6 is 0 Å². The van der Waals surface area contributed by atoms with Crippen molar-refractivity contribution in [3.63, 3.8) is 0 Å². The molecule has 1 fully saturated rings. The molecule has 0 atom stereocenters. The van der Waals surface area contributed by atoms with Gasteiger partial charge in [-0.25, -0.2) is 8.42 Å². The fraction of sp³-hybridized carbons (Fsp3) is 0.300. The second-order valence-corrected chi connectivity index (χ2v) is 5.68. The van der Waals surface area contributed by atoms with Crippen LogP contribution in [0.25, 0.3) is 0 Å². The fourth-order valence-corrected chi connectivity index (χ4v) is 3.11. The maximum atomic E-state index is 11.9. The minimum Gasteiger partial charge on any atom is -0.222 e. The van der Waals surface area contributed by atoms with Crippen LogP contribution in [0.5, 0.6) is 0 Å². The molecule has 0 radical (unpaired) electrons. The van der Waals surface area contributed by atoms with Crippen molar-refractivity contribution in [2.24, 2.45) is 0 Å². The summed E-state index contributed by atoms with van der Waals surface area (Å²) in [5.74, 6) is 0. The molecule has 0 aromatic heterocycles. The molecule has 1 aliphatic rings. The van der Waals surface area contributed by atoms with Gasteiger partial charge >= 0.3 is 0 Å². The molecule has 14 heavy (non-hydrogen) atoms.